The van der Waals surface area contributed by atoms with E-state index in [-0.39, 0.29) is 0 Å². The van der Waals surface area contributed by atoms with Crippen LogP contribution in [0.3, 0.4) is 0 Å². The van der Waals surface area contributed by atoms with Gasteiger partial charge in [0.2, 0.25) is 5.91 Å². The topological polar surface area (TPSA) is 90.2 Å². The van der Waals surface area contributed by atoms with Gasteiger partial charge in [0, 0.05) is 0 Å². The number of nitrogens with zero attached hydrogens (tertiary/aromatic N) is 1. The van der Waals surface area contributed by atoms with Crippen molar-refractivity contribution in [2.24, 2.45) is 5.41 Å². The predicted octanol–water partition coefficient (Wildman–Crippen LogP) is 1.67. The molecule has 2 rings (SSSR count). The minimum absolute atomic E-state index is 0.349. The van der Waals surface area contributed by atoms with Gasteiger partial charge in [-0.3, -0.25) is 9.59 Å². The number of amides is 1. The van der Waals surface area contributed by atoms with Crippen LogP contribution in [0, 0.1) is 23.7 Å². The summed E-state index contributed by atoms with van der Waals surface area (Å²) < 4.78 is 0. The number of nitriles is 1. The van der Waals surface area contributed by atoms with Crippen LogP contribution in [0.25, 0.3) is 0 Å². The van der Waals surface area contributed by atoms with Crippen LogP contribution in [-0.4, -0.2) is 17.0 Å². The SMILES string of the molecule is Cc1cccc(NC(=O)C2(C(=O)O)CC2)c1C#N. The lowest BCUT2D eigenvalue weighted by Crippen LogP contribution is -2.31. The number of aryl methyl sites for hydroxylation is 1. The van der Waals surface area contributed by atoms with Crippen LogP contribution in [-0.2, 0) is 9.59 Å². The molecule has 0 unspecified atom stereocenters. The van der Waals surface area contributed by atoms with Crippen LogP contribution in [0.1, 0.15) is 24.0 Å². The number of carbonyl (C=O) groups is 2. The highest BCUT2D eigenvalue weighted by Gasteiger charge is 2.57. The van der Waals surface area contributed by atoms with Gasteiger partial charge in [-0.15, -0.1) is 0 Å². The molecular formula is C13H12N2O3. The molecule has 5 heteroatoms. The minimum Gasteiger partial charge on any atom is -0.480 e. The Morgan fingerprint density at radius 2 is 2.11 bits per heavy atom. The van der Waals surface area contributed by atoms with Crippen molar-refractivity contribution < 1.29 is 14.7 Å². The van der Waals surface area contributed by atoms with Gasteiger partial charge in [0.05, 0.1) is 11.3 Å². The fraction of sp³-hybridized carbons (Fsp3) is 0.308. The van der Waals surface area contributed by atoms with Gasteiger partial charge in [0.1, 0.15) is 11.5 Å². The molecule has 0 aromatic heterocycles. The van der Waals surface area contributed by atoms with Crippen LogP contribution >= 0.6 is 0 Å². The van der Waals surface area contributed by atoms with Crippen LogP contribution in [0.2, 0.25) is 0 Å². The zero-order chi connectivity index (χ0) is 13.3. The van der Waals surface area contributed by atoms with E-state index in [1.54, 1.807) is 25.1 Å². The number of carbonyl (C=O) groups excluding carboxylic acids is 1. The van der Waals surface area contributed by atoms with Crippen molar-refractivity contribution in [1.29, 1.82) is 5.26 Å². The first kappa shape index (κ1) is 12.1. The minimum atomic E-state index is -1.30. The summed E-state index contributed by atoms with van der Waals surface area (Å²) in [7, 11) is 0. The molecule has 0 aliphatic heterocycles. The number of nitrogens with one attached hydrogen (secondary N) is 1. The summed E-state index contributed by atoms with van der Waals surface area (Å²) in [5.41, 5.74) is 0.189. The van der Waals surface area contributed by atoms with Crippen LogP contribution in [0.5, 0.6) is 0 Å². The van der Waals surface area contributed by atoms with Crippen molar-refractivity contribution in [3.05, 3.63) is 29.3 Å². The van der Waals surface area contributed by atoms with E-state index in [9.17, 15) is 9.59 Å². The van der Waals surface area contributed by atoms with Crippen LogP contribution in [0.15, 0.2) is 18.2 Å². The molecule has 1 amide bonds. The van der Waals surface area contributed by atoms with Gasteiger partial charge in [-0.2, -0.15) is 5.26 Å². The van der Waals surface area contributed by atoms with Crippen LogP contribution < -0.4 is 5.32 Å². The summed E-state index contributed by atoms with van der Waals surface area (Å²) in [5, 5.41) is 20.6. The second-order valence-electron chi connectivity index (χ2n) is 4.45. The Bertz CT molecular complexity index is 568. The third kappa shape index (κ3) is 1.82. The number of rotatable bonds is 3. The van der Waals surface area contributed by atoms with Gasteiger partial charge in [-0.05, 0) is 31.4 Å². The second kappa shape index (κ2) is 4.15. The Morgan fingerprint density at radius 3 is 2.61 bits per heavy atom. The van der Waals surface area contributed by atoms with Crippen molar-refractivity contribution in [1.82, 2.24) is 0 Å². The van der Waals surface area contributed by atoms with Crippen molar-refractivity contribution in [3.63, 3.8) is 0 Å². The fourth-order valence-electron chi connectivity index (χ4n) is 1.83. The Kier molecular flexibility index (Phi) is 2.79. The number of carboxylic acids is 1. The number of aliphatic carboxylic acids is 1. The van der Waals surface area contributed by atoms with Gasteiger partial charge < -0.3 is 10.4 Å². The summed E-state index contributed by atoms with van der Waals surface area (Å²) in [4.78, 5) is 22.9. The molecule has 1 aliphatic carbocycles. The third-order valence-corrected chi connectivity index (χ3v) is 3.23. The summed E-state index contributed by atoms with van der Waals surface area (Å²) in [6.07, 6.45) is 0.698. The molecular weight excluding hydrogens is 232 g/mol. The molecule has 0 heterocycles. The van der Waals surface area contributed by atoms with E-state index in [0.717, 1.165) is 5.56 Å². The van der Waals surface area contributed by atoms with E-state index < -0.39 is 17.3 Å². The van der Waals surface area contributed by atoms with Crippen molar-refractivity contribution in [3.8, 4) is 6.07 Å². The molecule has 0 radical (unpaired) electrons. The molecule has 1 fully saturated rings. The lowest BCUT2D eigenvalue weighted by molar-refractivity contribution is -0.147. The first-order valence-electron chi connectivity index (χ1n) is 5.56. The largest absolute Gasteiger partial charge is 0.480 e. The zero-order valence-electron chi connectivity index (χ0n) is 9.86. The molecule has 0 bridgehead atoms. The highest BCUT2D eigenvalue weighted by molar-refractivity contribution is 6.11. The number of hydrogen-bond donors (Lipinski definition) is 2. The number of benzene rings is 1. The Morgan fingerprint density at radius 1 is 1.44 bits per heavy atom. The third-order valence-electron chi connectivity index (χ3n) is 3.23. The second-order valence-corrected chi connectivity index (χ2v) is 4.45. The zero-order valence-corrected chi connectivity index (χ0v) is 9.86. The quantitative estimate of drug-likeness (QED) is 0.791. The Hall–Kier alpha value is -2.35. The van der Waals surface area contributed by atoms with Crippen molar-refractivity contribution in [2.45, 2.75) is 19.8 Å². The first-order valence-corrected chi connectivity index (χ1v) is 5.56. The fourth-order valence-corrected chi connectivity index (χ4v) is 1.83. The highest BCUT2D eigenvalue weighted by Crippen LogP contribution is 2.46. The molecule has 0 saturated heterocycles. The predicted molar refractivity (Wildman–Crippen MR) is 63.8 cm³/mol. The molecule has 1 aromatic carbocycles. The molecule has 1 aliphatic rings. The molecule has 0 atom stereocenters. The standard InChI is InChI=1S/C13H12N2O3/c1-8-3-2-4-10(9(8)7-14)15-11(16)13(5-6-13)12(17)18/h2-4H,5-6H2,1H3,(H,15,16)(H,17,18). The normalized spacial score (nSPS) is 15.6. The molecule has 1 aromatic rings. The monoisotopic (exact) mass is 244 g/mol. The maximum absolute atomic E-state index is 11.9. The number of carboxylic acid groups (broad SMARTS) is 1. The van der Waals surface area contributed by atoms with Gasteiger partial charge in [-0.25, -0.2) is 0 Å². The van der Waals surface area contributed by atoms with E-state index in [1.807, 2.05) is 6.07 Å². The van der Waals surface area contributed by atoms with E-state index in [0.29, 0.717) is 24.1 Å². The van der Waals surface area contributed by atoms with Crippen LogP contribution in [0.4, 0.5) is 5.69 Å². The lowest BCUT2D eigenvalue weighted by atomic mass is 10.0. The molecule has 5 nitrogen and oxygen atoms in total. The number of anilines is 1. The molecule has 0 spiro atoms. The summed E-state index contributed by atoms with van der Waals surface area (Å²) in [6, 6.07) is 7.08. The Labute approximate surface area is 104 Å². The van der Waals surface area contributed by atoms with Crippen molar-refractivity contribution in [2.75, 3.05) is 5.32 Å². The highest BCUT2D eigenvalue weighted by atomic mass is 16.4. The molecule has 92 valence electrons. The lowest BCUT2D eigenvalue weighted by Gasteiger charge is -2.12. The van der Waals surface area contributed by atoms with Gasteiger partial charge >= 0.3 is 5.97 Å². The van der Waals surface area contributed by atoms with E-state index in [4.69, 9.17) is 10.4 Å². The summed E-state index contributed by atoms with van der Waals surface area (Å²) in [6.45, 7) is 1.76. The van der Waals surface area contributed by atoms with E-state index >= 15 is 0 Å². The maximum atomic E-state index is 11.9. The summed E-state index contributed by atoms with van der Waals surface area (Å²) >= 11 is 0. The average Bonchev–Trinajstić information content (AvgIpc) is 3.10. The first-order chi connectivity index (χ1) is 8.51. The molecule has 1 saturated carbocycles. The van der Waals surface area contributed by atoms with Gasteiger partial charge in [0.15, 0.2) is 0 Å². The average molecular weight is 244 g/mol. The number of hydrogen-bond acceptors (Lipinski definition) is 3. The van der Waals surface area contributed by atoms with Gasteiger partial charge in [-0.1, -0.05) is 12.1 Å². The van der Waals surface area contributed by atoms with Crippen molar-refractivity contribution >= 4 is 17.6 Å². The van der Waals surface area contributed by atoms with E-state index in [1.165, 1.54) is 0 Å². The molecule has 18 heavy (non-hydrogen) atoms. The summed E-state index contributed by atoms with van der Waals surface area (Å²) in [5.74, 6) is -1.65. The molecule has 2 N–H and O–H groups in total. The smallest absolute Gasteiger partial charge is 0.319 e. The Balaban J connectivity index is 2.26. The van der Waals surface area contributed by atoms with Gasteiger partial charge in [0.25, 0.3) is 0 Å². The van der Waals surface area contributed by atoms with E-state index in [2.05, 4.69) is 5.32 Å². The maximum Gasteiger partial charge on any atom is 0.319 e.